The SMILES string of the molecule is Nc1nc(Cl)nc2c1ncn2C1O[C@H](COC(Cc2ccc3oc(C(=O)O)cc3c2)(C(=O)O)C(=O)O)[C@@H](O)[C@@H]1F. The van der Waals surface area contributed by atoms with E-state index < -0.39 is 61.1 Å². The van der Waals surface area contributed by atoms with E-state index in [-0.39, 0.29) is 44.6 Å². The molecule has 0 amide bonds. The van der Waals surface area contributed by atoms with Gasteiger partial charge < -0.3 is 40.1 Å². The highest BCUT2D eigenvalue weighted by molar-refractivity contribution is 6.28. The molecule has 1 aliphatic heterocycles. The molecule has 0 aliphatic carbocycles. The predicted octanol–water partition coefficient (Wildman–Crippen LogP) is 1.27. The van der Waals surface area contributed by atoms with E-state index in [1.807, 2.05) is 0 Å². The van der Waals surface area contributed by atoms with E-state index in [9.17, 15) is 29.7 Å². The second-order valence-corrected chi connectivity index (χ2v) is 9.25. The second-order valence-electron chi connectivity index (χ2n) is 8.92. The number of aromatic carboxylic acids is 1. The maximum atomic E-state index is 15.1. The fraction of sp³-hybridized carbons (Fsp3) is 0.304. The van der Waals surface area contributed by atoms with Crippen molar-refractivity contribution in [1.82, 2.24) is 19.5 Å². The van der Waals surface area contributed by atoms with E-state index in [1.54, 1.807) is 0 Å². The number of rotatable bonds is 9. The van der Waals surface area contributed by atoms with Gasteiger partial charge in [-0.15, -0.1) is 0 Å². The summed E-state index contributed by atoms with van der Waals surface area (Å²) in [6, 6.07) is 5.25. The fourth-order valence-corrected chi connectivity index (χ4v) is 4.57. The van der Waals surface area contributed by atoms with Crippen molar-refractivity contribution in [3.8, 4) is 0 Å². The lowest BCUT2D eigenvalue weighted by Crippen LogP contribution is -2.52. The molecule has 4 heterocycles. The molecule has 1 fully saturated rings. The molecule has 4 atom stereocenters. The summed E-state index contributed by atoms with van der Waals surface area (Å²) in [5.74, 6) is -5.52. The number of ether oxygens (including phenoxy) is 2. The van der Waals surface area contributed by atoms with Crippen LogP contribution in [-0.2, 0) is 25.5 Å². The number of alkyl halides is 1. The van der Waals surface area contributed by atoms with Gasteiger partial charge in [0.25, 0.3) is 5.60 Å². The number of furan rings is 1. The minimum Gasteiger partial charge on any atom is -0.479 e. The summed E-state index contributed by atoms with van der Waals surface area (Å²) in [6.07, 6.45) is -6.53. The molecule has 40 heavy (non-hydrogen) atoms. The van der Waals surface area contributed by atoms with Crippen LogP contribution in [0.15, 0.2) is 35.0 Å². The Kier molecular flexibility index (Phi) is 6.79. The normalized spacial score (nSPS) is 21.3. The molecule has 0 bridgehead atoms. The molecule has 210 valence electrons. The number of carbonyl (C=O) groups is 3. The van der Waals surface area contributed by atoms with Gasteiger partial charge in [-0.2, -0.15) is 9.97 Å². The molecular weight excluding hydrogens is 561 g/mol. The summed E-state index contributed by atoms with van der Waals surface area (Å²) in [7, 11) is 0. The lowest BCUT2D eigenvalue weighted by atomic mass is 9.93. The highest BCUT2D eigenvalue weighted by Crippen LogP contribution is 2.35. The third-order valence-electron chi connectivity index (χ3n) is 6.42. The lowest BCUT2D eigenvalue weighted by molar-refractivity contribution is -0.190. The van der Waals surface area contributed by atoms with Gasteiger partial charge in [0.2, 0.25) is 11.0 Å². The number of aromatic nitrogens is 4. The van der Waals surface area contributed by atoms with Gasteiger partial charge in [0.05, 0.1) is 12.9 Å². The molecule has 1 aliphatic rings. The molecule has 1 saturated heterocycles. The summed E-state index contributed by atoms with van der Waals surface area (Å²) < 4.78 is 32.3. The first kappa shape index (κ1) is 27.2. The Morgan fingerprint density at radius 1 is 1.18 bits per heavy atom. The van der Waals surface area contributed by atoms with E-state index in [0.29, 0.717) is 0 Å². The van der Waals surface area contributed by atoms with Gasteiger partial charge in [-0.25, -0.2) is 23.8 Å². The number of nitrogens with two attached hydrogens (primary N) is 1. The Morgan fingerprint density at radius 2 is 1.90 bits per heavy atom. The number of carboxylic acids is 3. The third-order valence-corrected chi connectivity index (χ3v) is 6.59. The van der Waals surface area contributed by atoms with Crippen molar-refractivity contribution in [2.24, 2.45) is 0 Å². The van der Waals surface area contributed by atoms with Gasteiger partial charge >= 0.3 is 17.9 Å². The molecule has 1 aromatic carbocycles. The highest BCUT2D eigenvalue weighted by Gasteiger charge is 2.52. The summed E-state index contributed by atoms with van der Waals surface area (Å²) in [5, 5.41) is 39.4. The number of nitrogens with zero attached hydrogens (tertiary/aromatic N) is 4. The Hall–Kier alpha value is -4.38. The van der Waals surface area contributed by atoms with Crippen molar-refractivity contribution in [2.45, 2.75) is 36.6 Å². The van der Waals surface area contributed by atoms with Gasteiger partial charge in [0, 0.05) is 11.8 Å². The minimum absolute atomic E-state index is 0.00466. The number of nitrogen functional groups attached to an aromatic ring is 1. The van der Waals surface area contributed by atoms with E-state index in [0.717, 1.165) is 10.9 Å². The van der Waals surface area contributed by atoms with Crippen LogP contribution in [0.2, 0.25) is 5.28 Å². The Bertz CT molecular complexity index is 1640. The first-order chi connectivity index (χ1) is 18.9. The predicted molar refractivity (Wildman–Crippen MR) is 130 cm³/mol. The first-order valence-corrected chi connectivity index (χ1v) is 11.8. The zero-order chi connectivity index (χ0) is 28.9. The van der Waals surface area contributed by atoms with Crippen molar-refractivity contribution in [1.29, 1.82) is 0 Å². The maximum absolute atomic E-state index is 15.1. The number of aliphatic hydroxyl groups excluding tert-OH is 1. The second kappa shape index (κ2) is 9.98. The summed E-state index contributed by atoms with van der Waals surface area (Å²) in [4.78, 5) is 47.3. The Labute approximate surface area is 226 Å². The van der Waals surface area contributed by atoms with Crippen LogP contribution in [0.5, 0.6) is 0 Å². The van der Waals surface area contributed by atoms with Crippen LogP contribution in [0.1, 0.15) is 22.3 Å². The topological polar surface area (TPSA) is 233 Å². The quantitative estimate of drug-likeness (QED) is 0.139. The van der Waals surface area contributed by atoms with E-state index >= 15 is 4.39 Å². The number of hydrogen-bond donors (Lipinski definition) is 5. The molecule has 3 aromatic heterocycles. The van der Waals surface area contributed by atoms with Gasteiger partial charge in [-0.1, -0.05) is 6.07 Å². The number of aliphatic carboxylic acids is 2. The van der Waals surface area contributed by atoms with Crippen molar-refractivity contribution in [3.05, 3.63) is 47.2 Å². The van der Waals surface area contributed by atoms with Crippen molar-refractivity contribution < 1.29 is 53.1 Å². The molecule has 17 heteroatoms. The number of hydrogen-bond acceptors (Lipinski definition) is 11. The van der Waals surface area contributed by atoms with Crippen molar-refractivity contribution in [3.63, 3.8) is 0 Å². The standard InChI is InChI=1S/C23H19ClFN5O10/c24-22-28-16(26)14-17(29-22)30(7-27-14)18-13(25)15(31)12(40-18)6-38-23(20(34)35,21(36)37)5-8-1-2-10-9(3-8)4-11(39-10)19(32)33/h1-4,7,12-13,15,18,31H,5-6H2,(H,32,33)(H,34,35)(H,36,37)(H2,26,28,29)/t12-,13+,15-,18?/m1/s1. The number of anilines is 1. The van der Waals surface area contributed by atoms with Crippen LogP contribution in [0.4, 0.5) is 10.2 Å². The van der Waals surface area contributed by atoms with E-state index in [4.69, 9.17) is 36.3 Å². The van der Waals surface area contributed by atoms with Crippen LogP contribution >= 0.6 is 11.6 Å². The molecule has 0 radical (unpaired) electrons. The molecule has 5 rings (SSSR count). The average Bonchev–Trinajstić information content (AvgIpc) is 3.58. The zero-order valence-corrected chi connectivity index (χ0v) is 20.7. The molecule has 15 nitrogen and oxygen atoms in total. The van der Waals surface area contributed by atoms with Crippen LogP contribution in [0.3, 0.4) is 0 Å². The monoisotopic (exact) mass is 579 g/mol. The molecule has 1 unspecified atom stereocenters. The minimum atomic E-state index is -2.88. The van der Waals surface area contributed by atoms with Gasteiger partial charge in [0.1, 0.15) is 23.3 Å². The number of benzene rings is 1. The first-order valence-electron chi connectivity index (χ1n) is 11.4. The van der Waals surface area contributed by atoms with E-state index in [1.165, 1.54) is 24.3 Å². The Balaban J connectivity index is 1.39. The maximum Gasteiger partial charge on any atom is 0.371 e. The van der Waals surface area contributed by atoms with Crippen LogP contribution < -0.4 is 5.73 Å². The smallest absolute Gasteiger partial charge is 0.371 e. The number of carboxylic acid groups (broad SMARTS) is 3. The van der Waals surface area contributed by atoms with Crippen molar-refractivity contribution in [2.75, 3.05) is 12.3 Å². The number of aliphatic hydroxyl groups is 1. The third kappa shape index (κ3) is 4.56. The largest absolute Gasteiger partial charge is 0.479 e. The number of fused-ring (bicyclic) bond motifs is 2. The molecule has 4 aromatic rings. The van der Waals surface area contributed by atoms with Gasteiger partial charge in [-0.05, 0) is 35.4 Å². The van der Waals surface area contributed by atoms with Crippen LogP contribution in [0.25, 0.3) is 22.1 Å². The number of imidazole rings is 1. The average molecular weight is 580 g/mol. The number of halogens is 2. The lowest BCUT2D eigenvalue weighted by Gasteiger charge is -2.27. The molecule has 0 saturated carbocycles. The summed E-state index contributed by atoms with van der Waals surface area (Å²) in [6.45, 7) is -0.835. The highest BCUT2D eigenvalue weighted by atomic mass is 35.5. The van der Waals surface area contributed by atoms with Gasteiger partial charge in [0.15, 0.2) is 23.9 Å². The Morgan fingerprint density at radius 3 is 2.58 bits per heavy atom. The zero-order valence-electron chi connectivity index (χ0n) is 20.0. The molecular formula is C23H19ClFN5O10. The fourth-order valence-electron chi connectivity index (χ4n) is 4.40. The van der Waals surface area contributed by atoms with Crippen LogP contribution in [-0.4, -0.2) is 88.4 Å². The molecule has 0 spiro atoms. The summed E-state index contributed by atoms with van der Waals surface area (Å²) in [5.41, 5.74) is 3.32. The van der Waals surface area contributed by atoms with Crippen LogP contribution in [0, 0.1) is 0 Å². The molecule has 6 N–H and O–H groups in total. The van der Waals surface area contributed by atoms with E-state index in [2.05, 4.69) is 15.0 Å². The van der Waals surface area contributed by atoms with Crippen molar-refractivity contribution >= 4 is 57.5 Å². The summed E-state index contributed by atoms with van der Waals surface area (Å²) >= 11 is 5.84. The van der Waals surface area contributed by atoms with Gasteiger partial charge in [-0.3, -0.25) is 4.57 Å².